The van der Waals surface area contributed by atoms with Crippen molar-refractivity contribution in [3.8, 4) is 17.0 Å². The molecular weight excluding hydrogens is 511 g/mol. The molecule has 0 aliphatic rings. The Hall–Kier alpha value is -3.37. The predicted molar refractivity (Wildman–Crippen MR) is 133 cm³/mol. The van der Waals surface area contributed by atoms with Crippen LogP contribution >= 0.6 is 11.6 Å². The molecule has 0 radical (unpaired) electrons. The highest BCUT2D eigenvalue weighted by atomic mass is 35.5. The number of hydrogen-bond donors (Lipinski definition) is 2. The van der Waals surface area contributed by atoms with Gasteiger partial charge in [-0.2, -0.15) is 13.2 Å². The van der Waals surface area contributed by atoms with E-state index >= 15 is 0 Å². The van der Waals surface area contributed by atoms with Crippen molar-refractivity contribution in [3.63, 3.8) is 0 Å². The summed E-state index contributed by atoms with van der Waals surface area (Å²) in [5.41, 5.74) is 2.53. The number of imidazole rings is 1. The smallest absolute Gasteiger partial charge is 0.425 e. The Labute approximate surface area is 217 Å². The summed E-state index contributed by atoms with van der Waals surface area (Å²) in [7, 11) is 1.75. The van der Waals surface area contributed by atoms with Gasteiger partial charge in [-0.15, -0.1) is 0 Å². The lowest BCUT2D eigenvalue weighted by Gasteiger charge is -2.20. The van der Waals surface area contributed by atoms with Gasteiger partial charge >= 0.3 is 6.18 Å². The van der Waals surface area contributed by atoms with Crippen molar-refractivity contribution in [1.29, 1.82) is 0 Å². The average Bonchev–Trinajstić information content (AvgIpc) is 3.22. The summed E-state index contributed by atoms with van der Waals surface area (Å²) < 4.78 is 44.8. The topological polar surface area (TPSA) is 93.4 Å². The summed E-state index contributed by atoms with van der Waals surface area (Å²) >= 11 is 6.05. The van der Waals surface area contributed by atoms with E-state index in [4.69, 9.17) is 16.3 Å². The zero-order valence-corrected chi connectivity index (χ0v) is 21.2. The minimum atomic E-state index is -4.55. The van der Waals surface area contributed by atoms with Crippen molar-refractivity contribution in [2.45, 2.75) is 45.0 Å². The molecule has 0 aliphatic carbocycles. The number of carbonyl (C=O) groups excluding carboxylic acids is 2. The maximum absolute atomic E-state index is 12.8. The Bertz CT molecular complexity index is 1260. The van der Waals surface area contributed by atoms with Crippen molar-refractivity contribution in [2.24, 2.45) is 7.05 Å². The van der Waals surface area contributed by atoms with Crippen LogP contribution in [0.1, 0.15) is 46.8 Å². The largest absolute Gasteiger partial charge is 0.480 e. The molecule has 2 atom stereocenters. The van der Waals surface area contributed by atoms with Crippen LogP contribution in [0.15, 0.2) is 48.7 Å². The van der Waals surface area contributed by atoms with Crippen LogP contribution in [0, 0.1) is 0 Å². The molecule has 2 N–H and O–H groups in total. The van der Waals surface area contributed by atoms with Crippen LogP contribution in [0.5, 0.6) is 5.75 Å². The third-order valence-electron chi connectivity index (χ3n) is 5.69. The quantitative estimate of drug-likeness (QED) is 0.355. The molecule has 37 heavy (non-hydrogen) atoms. The maximum atomic E-state index is 12.8. The molecule has 1 aromatic heterocycles. The molecule has 3 rings (SSSR count). The van der Waals surface area contributed by atoms with Gasteiger partial charge in [-0.3, -0.25) is 9.59 Å². The van der Waals surface area contributed by atoms with E-state index in [1.165, 1.54) is 25.1 Å². The third kappa shape index (κ3) is 7.33. The maximum Gasteiger partial charge on any atom is 0.425 e. The second-order valence-corrected chi connectivity index (χ2v) is 9.05. The Morgan fingerprint density at radius 3 is 2.41 bits per heavy atom. The van der Waals surface area contributed by atoms with Crippen molar-refractivity contribution >= 4 is 23.3 Å². The Morgan fingerprint density at radius 1 is 1.19 bits per heavy atom. The van der Waals surface area contributed by atoms with Crippen LogP contribution in [-0.4, -0.2) is 51.3 Å². The number of aromatic nitrogens is 2. The van der Waals surface area contributed by atoms with Gasteiger partial charge in [-0.05, 0) is 43.5 Å². The molecule has 0 bridgehead atoms. The predicted octanol–water partition coefficient (Wildman–Crippen LogP) is 5.00. The minimum Gasteiger partial charge on any atom is -0.480 e. The van der Waals surface area contributed by atoms with Crippen molar-refractivity contribution in [2.75, 3.05) is 6.61 Å². The van der Waals surface area contributed by atoms with Gasteiger partial charge in [0.2, 0.25) is 0 Å². The van der Waals surface area contributed by atoms with Gasteiger partial charge in [0.25, 0.3) is 5.91 Å². The van der Waals surface area contributed by atoms with Gasteiger partial charge < -0.3 is 19.7 Å². The van der Waals surface area contributed by atoms with Gasteiger partial charge in [0.05, 0.1) is 10.7 Å². The number of amides is 1. The number of nitrogens with zero attached hydrogens (tertiary/aromatic N) is 2. The van der Waals surface area contributed by atoms with E-state index in [2.05, 4.69) is 10.3 Å². The summed E-state index contributed by atoms with van der Waals surface area (Å²) in [5, 5.41) is 12.2. The number of ketones is 1. The first kappa shape index (κ1) is 28.2. The molecule has 0 saturated carbocycles. The molecule has 11 heteroatoms. The molecule has 7 nitrogen and oxygen atoms in total. The summed E-state index contributed by atoms with van der Waals surface area (Å²) in [6, 6.07) is 10.8. The molecule has 198 valence electrons. The van der Waals surface area contributed by atoms with Crippen molar-refractivity contribution < 1.29 is 32.6 Å². The number of ether oxygens (including phenoxy) is 1. The molecule has 0 saturated heterocycles. The monoisotopic (exact) mass is 537 g/mol. The van der Waals surface area contributed by atoms with E-state index in [0.717, 1.165) is 18.1 Å². The van der Waals surface area contributed by atoms with Crippen LogP contribution in [0.25, 0.3) is 11.3 Å². The lowest BCUT2D eigenvalue weighted by molar-refractivity contribution is -0.189. The number of rotatable bonds is 10. The standard InChI is InChI=1S/C26H27ClF3N3O4/c1-15(35)24-32-22(14-33(24)3)18-6-4-17(5-7-18)12-20(10-11-34)31-25(36)19-8-9-23(21(27)13-19)37-16(2)26(28,29)30/h4-9,13-14,16,20,34H,10-12H2,1-3H3,(H,31,36)/t16?,20-/m1/s1. The average molecular weight is 538 g/mol. The van der Waals surface area contributed by atoms with Crippen molar-refractivity contribution in [1.82, 2.24) is 14.9 Å². The number of halogens is 4. The normalized spacial score (nSPS) is 13.2. The molecule has 3 aromatic rings. The van der Waals surface area contributed by atoms with Gasteiger partial charge in [-0.25, -0.2) is 4.98 Å². The number of hydrogen-bond acceptors (Lipinski definition) is 5. The summed E-state index contributed by atoms with van der Waals surface area (Å²) in [6.45, 7) is 2.16. The molecule has 1 amide bonds. The van der Waals surface area contributed by atoms with E-state index < -0.39 is 24.2 Å². The second kappa shape index (κ2) is 11.8. The zero-order valence-electron chi connectivity index (χ0n) is 20.5. The highest BCUT2D eigenvalue weighted by molar-refractivity contribution is 6.32. The molecule has 1 heterocycles. The van der Waals surface area contributed by atoms with Gasteiger partial charge in [-0.1, -0.05) is 35.9 Å². The number of carbonyl (C=O) groups is 2. The first-order chi connectivity index (χ1) is 17.4. The van der Waals surface area contributed by atoms with E-state index in [-0.39, 0.29) is 35.1 Å². The lowest BCUT2D eigenvalue weighted by Crippen LogP contribution is -2.37. The number of aliphatic hydroxyl groups excluding tert-OH is 1. The van der Waals surface area contributed by atoms with Crippen LogP contribution < -0.4 is 10.1 Å². The van der Waals surface area contributed by atoms with Crippen LogP contribution in [-0.2, 0) is 13.5 Å². The summed E-state index contributed by atoms with van der Waals surface area (Å²) in [4.78, 5) is 28.8. The highest BCUT2D eigenvalue weighted by Crippen LogP contribution is 2.30. The van der Waals surface area contributed by atoms with Crippen LogP contribution in [0.3, 0.4) is 0 Å². The second-order valence-electron chi connectivity index (χ2n) is 8.65. The lowest BCUT2D eigenvalue weighted by atomic mass is 10.0. The van der Waals surface area contributed by atoms with Crippen LogP contribution in [0.4, 0.5) is 13.2 Å². The van der Waals surface area contributed by atoms with Crippen LogP contribution in [0.2, 0.25) is 5.02 Å². The first-order valence-electron chi connectivity index (χ1n) is 11.5. The highest BCUT2D eigenvalue weighted by Gasteiger charge is 2.38. The third-order valence-corrected chi connectivity index (χ3v) is 5.99. The van der Waals surface area contributed by atoms with Gasteiger partial charge in [0, 0.05) is 43.9 Å². The molecule has 0 aliphatic heterocycles. The van der Waals surface area contributed by atoms with Crippen molar-refractivity contribution in [3.05, 3.63) is 70.6 Å². The molecular formula is C26H27ClF3N3O4. The number of aryl methyl sites for hydroxylation is 1. The fraction of sp³-hybridized carbons (Fsp3) is 0.346. The van der Waals surface area contributed by atoms with E-state index in [9.17, 15) is 27.9 Å². The number of alkyl halides is 3. The summed E-state index contributed by atoms with van der Waals surface area (Å²) in [5.74, 6) is -0.442. The number of Topliss-reactive ketones (excluding diaryl/α,β-unsaturated/α-hetero) is 1. The Kier molecular flexibility index (Phi) is 8.98. The molecule has 0 spiro atoms. The summed E-state index contributed by atoms with van der Waals surface area (Å²) in [6.07, 6.45) is -4.13. The van der Waals surface area contributed by atoms with E-state index in [0.29, 0.717) is 17.9 Å². The SMILES string of the molecule is CC(=O)c1nc(-c2ccc(C[C@@H](CCO)NC(=O)c3ccc(OC(C)C(F)(F)F)c(Cl)c3)cc2)cn1C. The number of aliphatic hydroxyl groups is 1. The Morgan fingerprint density at radius 2 is 1.86 bits per heavy atom. The zero-order chi connectivity index (χ0) is 27.3. The first-order valence-corrected chi connectivity index (χ1v) is 11.8. The fourth-order valence-electron chi connectivity index (χ4n) is 3.67. The van der Waals surface area contributed by atoms with Gasteiger partial charge in [0.1, 0.15) is 5.75 Å². The molecule has 2 aromatic carbocycles. The van der Waals surface area contributed by atoms with Gasteiger partial charge in [0.15, 0.2) is 17.7 Å². The molecule has 0 fully saturated rings. The number of benzene rings is 2. The van der Waals surface area contributed by atoms with E-state index in [1.54, 1.807) is 17.8 Å². The molecule has 1 unspecified atom stereocenters. The number of nitrogens with one attached hydrogen (secondary N) is 1. The fourth-order valence-corrected chi connectivity index (χ4v) is 3.90. The Balaban J connectivity index is 1.68. The van der Waals surface area contributed by atoms with E-state index in [1.807, 2.05) is 24.3 Å². The minimum absolute atomic E-state index is 0.125.